The molecule has 24 heavy (non-hydrogen) atoms. The number of carbonyl (C=O) groups excluding carboxylic acids is 1. The molecule has 1 amide bonds. The second-order valence-corrected chi connectivity index (χ2v) is 6.97. The van der Waals surface area contributed by atoms with Gasteiger partial charge in [0, 0.05) is 0 Å². The third-order valence-electron chi connectivity index (χ3n) is 4.84. The first-order valence-electron chi connectivity index (χ1n) is 7.81. The van der Waals surface area contributed by atoms with Crippen LogP contribution in [0.4, 0.5) is 0 Å². The normalized spacial score (nSPS) is 29.0. The first-order chi connectivity index (χ1) is 11.3. The summed E-state index contributed by atoms with van der Waals surface area (Å²) in [7, 11) is 0. The predicted octanol–water partition coefficient (Wildman–Crippen LogP) is 2.25. The van der Waals surface area contributed by atoms with Gasteiger partial charge in [0.15, 0.2) is 5.41 Å². The monoisotopic (exact) mass is 349 g/mol. The van der Waals surface area contributed by atoms with Gasteiger partial charge in [-0.05, 0) is 25.7 Å². The van der Waals surface area contributed by atoms with Crippen molar-refractivity contribution in [1.29, 1.82) is 10.5 Å². The van der Waals surface area contributed by atoms with Crippen LogP contribution in [-0.4, -0.2) is 17.8 Å². The summed E-state index contributed by atoms with van der Waals surface area (Å²) in [5, 5.41) is 25.9. The molecule has 1 aliphatic carbocycles. The Bertz CT molecular complexity index is 678. The smallest absolute Gasteiger partial charge is 0.244 e. The average molecular weight is 350 g/mol. The maximum atomic E-state index is 12.1. The fraction of sp³-hybridized carbons (Fsp3) is 0.625. The van der Waals surface area contributed by atoms with E-state index in [9.17, 15) is 15.3 Å². The van der Waals surface area contributed by atoms with Crippen molar-refractivity contribution in [1.82, 2.24) is 5.32 Å². The van der Waals surface area contributed by atoms with Gasteiger partial charge >= 0.3 is 0 Å². The van der Waals surface area contributed by atoms with Gasteiger partial charge in [0.2, 0.25) is 12.1 Å². The van der Waals surface area contributed by atoms with E-state index >= 15 is 0 Å². The minimum atomic E-state index is -1.90. The highest BCUT2D eigenvalue weighted by atomic mass is 35.5. The zero-order valence-electron chi connectivity index (χ0n) is 13.7. The minimum Gasteiger partial charge on any atom is -0.370 e. The predicted molar refractivity (Wildman–Crippen MR) is 88.0 cm³/mol. The van der Waals surface area contributed by atoms with E-state index in [1.165, 1.54) is 6.42 Å². The van der Waals surface area contributed by atoms with Crippen LogP contribution >= 0.6 is 11.6 Å². The van der Waals surface area contributed by atoms with Crippen LogP contribution in [0.25, 0.3) is 0 Å². The Hall–Kier alpha value is -2.25. The van der Waals surface area contributed by atoms with E-state index in [1.807, 2.05) is 12.1 Å². The highest BCUT2D eigenvalue weighted by molar-refractivity contribution is 6.30. The molecule has 8 heteroatoms. The number of hydrogen-bond acceptors (Lipinski definition) is 6. The summed E-state index contributed by atoms with van der Waals surface area (Å²) in [6, 6.07) is 3.73. The average Bonchev–Trinajstić information content (AvgIpc) is 2.55. The van der Waals surface area contributed by atoms with Gasteiger partial charge in [0.05, 0.1) is 22.8 Å². The van der Waals surface area contributed by atoms with E-state index in [0.717, 1.165) is 31.4 Å². The molecule has 0 aromatic carbocycles. The van der Waals surface area contributed by atoms with Crippen LogP contribution in [0, 0.1) is 33.5 Å². The molecule has 1 heterocycles. The van der Waals surface area contributed by atoms with E-state index in [0.29, 0.717) is 0 Å². The third kappa shape index (κ3) is 2.70. The summed E-state index contributed by atoms with van der Waals surface area (Å²) < 4.78 is 0. The molecular weight excluding hydrogens is 330 g/mol. The number of nitrogens with one attached hydrogen (secondary N) is 1. The standard InChI is InChI=1S/C16H20ClN5O2/c1-15(2)14(24-22-10-6-4-3-5-7-10)21-12(17)11(8-18)16(15,9-19)13(20)23/h14,21H,3-7H2,1-2H3,(H2,20,23)/t14-,16+/m0/s1. The molecule has 2 atom stereocenters. The number of nitrogens with zero attached hydrogens (tertiary/aromatic N) is 3. The SMILES string of the molecule is CC1(C)[C@H](ON=C2CCCCC2)NC(Cl)=C(C#N)[C@]1(C#N)C(N)=O. The highest BCUT2D eigenvalue weighted by Crippen LogP contribution is 2.51. The molecule has 0 aromatic rings. The molecule has 0 saturated heterocycles. The molecule has 1 aliphatic heterocycles. The third-order valence-corrected chi connectivity index (χ3v) is 5.14. The van der Waals surface area contributed by atoms with Crippen molar-refractivity contribution in [2.75, 3.05) is 0 Å². The van der Waals surface area contributed by atoms with E-state index < -0.39 is 23.0 Å². The molecule has 3 N–H and O–H groups in total. The van der Waals surface area contributed by atoms with Crippen molar-refractivity contribution in [3.63, 3.8) is 0 Å². The lowest BCUT2D eigenvalue weighted by molar-refractivity contribution is -0.139. The van der Waals surface area contributed by atoms with Gasteiger partial charge in [0.25, 0.3) is 0 Å². The van der Waals surface area contributed by atoms with E-state index in [2.05, 4.69) is 10.5 Å². The van der Waals surface area contributed by atoms with Gasteiger partial charge in [-0.1, -0.05) is 37.0 Å². The largest absolute Gasteiger partial charge is 0.370 e. The van der Waals surface area contributed by atoms with Gasteiger partial charge < -0.3 is 15.9 Å². The number of hydrogen-bond donors (Lipinski definition) is 2. The first kappa shape index (κ1) is 18.1. The molecular formula is C16H20ClN5O2. The van der Waals surface area contributed by atoms with Crippen LogP contribution < -0.4 is 11.1 Å². The molecule has 1 saturated carbocycles. The fourth-order valence-electron chi connectivity index (χ4n) is 3.22. The summed E-state index contributed by atoms with van der Waals surface area (Å²) in [4.78, 5) is 17.7. The van der Waals surface area contributed by atoms with E-state index in [-0.39, 0.29) is 10.7 Å². The van der Waals surface area contributed by atoms with Gasteiger partial charge in [-0.15, -0.1) is 0 Å². The van der Waals surface area contributed by atoms with Gasteiger partial charge in [-0.2, -0.15) is 10.5 Å². The number of nitrogens with two attached hydrogens (primary N) is 1. The van der Waals surface area contributed by atoms with Gasteiger partial charge in [-0.25, -0.2) is 0 Å². The zero-order valence-corrected chi connectivity index (χ0v) is 14.5. The molecule has 0 spiro atoms. The number of halogens is 1. The highest BCUT2D eigenvalue weighted by Gasteiger charge is 2.62. The summed E-state index contributed by atoms with van der Waals surface area (Å²) in [5.74, 6) is -0.940. The molecule has 0 aromatic heterocycles. The molecule has 0 bridgehead atoms. The van der Waals surface area contributed by atoms with Gasteiger partial charge in [0.1, 0.15) is 11.2 Å². The first-order valence-corrected chi connectivity index (χ1v) is 8.18. The lowest BCUT2D eigenvalue weighted by atomic mass is 9.59. The van der Waals surface area contributed by atoms with Crippen molar-refractivity contribution >= 4 is 23.2 Å². The van der Waals surface area contributed by atoms with Crippen LogP contribution in [0.2, 0.25) is 0 Å². The maximum Gasteiger partial charge on any atom is 0.244 e. The Morgan fingerprint density at radius 1 is 1.38 bits per heavy atom. The zero-order chi connectivity index (χ0) is 18.0. The summed E-state index contributed by atoms with van der Waals surface area (Å²) in [6.07, 6.45) is 4.15. The van der Waals surface area contributed by atoms with Crippen LogP contribution in [0.3, 0.4) is 0 Å². The summed E-state index contributed by atoms with van der Waals surface area (Å²) >= 11 is 6.09. The molecule has 1 fully saturated rings. The number of oxime groups is 1. The molecule has 0 radical (unpaired) electrons. The lowest BCUT2D eigenvalue weighted by Crippen LogP contribution is -2.61. The Morgan fingerprint density at radius 3 is 2.50 bits per heavy atom. The molecule has 2 rings (SSSR count). The molecule has 0 unspecified atom stereocenters. The second-order valence-electron chi connectivity index (χ2n) is 6.60. The van der Waals surface area contributed by atoms with Crippen molar-refractivity contribution in [2.24, 2.45) is 21.7 Å². The van der Waals surface area contributed by atoms with Crippen molar-refractivity contribution in [3.8, 4) is 12.1 Å². The van der Waals surface area contributed by atoms with E-state index in [1.54, 1.807) is 13.8 Å². The number of primary amides is 1. The Morgan fingerprint density at radius 2 is 2.00 bits per heavy atom. The minimum absolute atomic E-state index is 0.119. The van der Waals surface area contributed by atoms with Crippen LogP contribution in [0.15, 0.2) is 15.9 Å². The summed E-state index contributed by atoms with van der Waals surface area (Å²) in [5.41, 5.74) is 3.17. The van der Waals surface area contributed by atoms with Crippen LogP contribution in [0.5, 0.6) is 0 Å². The van der Waals surface area contributed by atoms with E-state index in [4.69, 9.17) is 22.2 Å². The van der Waals surface area contributed by atoms with Crippen molar-refractivity contribution < 1.29 is 9.63 Å². The fourth-order valence-corrected chi connectivity index (χ4v) is 3.50. The molecule has 2 aliphatic rings. The quantitative estimate of drug-likeness (QED) is 0.597. The maximum absolute atomic E-state index is 12.1. The van der Waals surface area contributed by atoms with Crippen molar-refractivity contribution in [3.05, 3.63) is 10.7 Å². The Kier molecular flexibility index (Phi) is 5.05. The number of amides is 1. The Balaban J connectivity index is 2.42. The van der Waals surface area contributed by atoms with Crippen LogP contribution in [0.1, 0.15) is 46.0 Å². The topological polar surface area (TPSA) is 124 Å². The Labute approximate surface area is 146 Å². The summed E-state index contributed by atoms with van der Waals surface area (Å²) in [6.45, 7) is 3.25. The molecule has 7 nitrogen and oxygen atoms in total. The number of rotatable bonds is 3. The number of carbonyl (C=O) groups is 1. The second kappa shape index (κ2) is 6.70. The van der Waals surface area contributed by atoms with Crippen LogP contribution in [-0.2, 0) is 9.63 Å². The molecule has 128 valence electrons. The van der Waals surface area contributed by atoms with Gasteiger partial charge in [-0.3, -0.25) is 4.79 Å². The van der Waals surface area contributed by atoms with Crippen molar-refractivity contribution in [2.45, 2.75) is 52.2 Å². The lowest BCUT2D eigenvalue weighted by Gasteiger charge is -2.46. The number of nitriles is 2.